The van der Waals surface area contributed by atoms with Crippen LogP contribution in [0.25, 0.3) is 11.1 Å². The van der Waals surface area contributed by atoms with Crippen LogP contribution in [0.1, 0.15) is 67.1 Å². The van der Waals surface area contributed by atoms with Crippen LogP contribution in [0.3, 0.4) is 0 Å². The molecule has 5 rings (SSSR count). The van der Waals surface area contributed by atoms with Crippen LogP contribution < -0.4 is 5.32 Å². The summed E-state index contributed by atoms with van der Waals surface area (Å²) >= 11 is 0. The van der Waals surface area contributed by atoms with Crippen molar-refractivity contribution in [2.75, 3.05) is 7.05 Å². The molecule has 138 valence electrons. The normalized spacial score (nSPS) is 29.1. The predicted octanol–water partition coefficient (Wildman–Crippen LogP) is 3.59. The van der Waals surface area contributed by atoms with Crippen molar-refractivity contribution in [3.63, 3.8) is 0 Å². The van der Waals surface area contributed by atoms with Crippen LogP contribution in [0, 0.1) is 5.82 Å². The first-order chi connectivity index (χ1) is 12.6. The zero-order chi connectivity index (χ0) is 17.8. The Labute approximate surface area is 151 Å². The number of halogens is 1. The summed E-state index contributed by atoms with van der Waals surface area (Å²) in [6.07, 6.45) is 7.68. The highest BCUT2D eigenvalue weighted by molar-refractivity contribution is 6.04. The number of carbonyl (C=O) groups excluding carboxylic acids is 1. The minimum atomic E-state index is -0.457. The number of fused-ring (bicyclic) bond motifs is 3. The van der Waals surface area contributed by atoms with E-state index in [1.54, 1.807) is 0 Å². The van der Waals surface area contributed by atoms with E-state index in [0.29, 0.717) is 40.6 Å². The molecule has 6 heteroatoms. The van der Waals surface area contributed by atoms with Gasteiger partial charge in [0.2, 0.25) is 0 Å². The van der Waals surface area contributed by atoms with Crippen molar-refractivity contribution in [1.82, 2.24) is 15.2 Å². The van der Waals surface area contributed by atoms with Gasteiger partial charge in [-0.15, -0.1) is 0 Å². The maximum atomic E-state index is 14.0. The Hall–Kier alpha value is -1.95. The molecule has 0 spiro atoms. The molecule has 2 unspecified atom stereocenters. The van der Waals surface area contributed by atoms with Crippen LogP contribution in [0.15, 0.2) is 16.5 Å². The smallest absolute Gasteiger partial charge is 0.253 e. The molecule has 2 aliphatic heterocycles. The Morgan fingerprint density at radius 2 is 1.96 bits per heavy atom. The summed E-state index contributed by atoms with van der Waals surface area (Å²) in [4.78, 5) is 19.9. The number of rotatable bonds is 3. The molecule has 2 aromatic rings. The van der Waals surface area contributed by atoms with Crippen molar-refractivity contribution in [3.05, 3.63) is 29.4 Å². The highest BCUT2D eigenvalue weighted by Gasteiger charge is 2.37. The Balaban J connectivity index is 1.40. The molecule has 1 N–H and O–H groups in total. The van der Waals surface area contributed by atoms with Crippen molar-refractivity contribution < 1.29 is 13.6 Å². The van der Waals surface area contributed by atoms with E-state index in [1.165, 1.54) is 31.4 Å². The van der Waals surface area contributed by atoms with Gasteiger partial charge in [0.15, 0.2) is 11.5 Å². The van der Waals surface area contributed by atoms with Crippen molar-refractivity contribution in [2.45, 2.75) is 69.0 Å². The van der Waals surface area contributed by atoms with Crippen molar-refractivity contribution in [2.24, 2.45) is 0 Å². The molecule has 26 heavy (non-hydrogen) atoms. The second-order valence-corrected chi connectivity index (χ2v) is 8.17. The van der Waals surface area contributed by atoms with Gasteiger partial charge in [-0.25, -0.2) is 9.37 Å². The van der Waals surface area contributed by atoms with Crippen LogP contribution in [0.2, 0.25) is 0 Å². The van der Waals surface area contributed by atoms with Gasteiger partial charge in [0, 0.05) is 30.1 Å². The molecule has 3 aliphatic rings. The van der Waals surface area contributed by atoms with Gasteiger partial charge in [-0.2, -0.15) is 0 Å². The number of amides is 1. The third-order valence-corrected chi connectivity index (χ3v) is 6.32. The molecule has 1 amide bonds. The van der Waals surface area contributed by atoms with Crippen LogP contribution >= 0.6 is 0 Å². The molecule has 1 aromatic heterocycles. The molecule has 2 bridgehead atoms. The van der Waals surface area contributed by atoms with E-state index < -0.39 is 5.82 Å². The van der Waals surface area contributed by atoms with Gasteiger partial charge >= 0.3 is 0 Å². The zero-order valence-corrected chi connectivity index (χ0v) is 15.0. The molecule has 1 aromatic carbocycles. The number of hydrogen-bond donors (Lipinski definition) is 1. The van der Waals surface area contributed by atoms with E-state index in [1.807, 2.05) is 0 Å². The lowest BCUT2D eigenvalue weighted by Crippen LogP contribution is -2.55. The van der Waals surface area contributed by atoms with Crippen molar-refractivity contribution in [3.8, 4) is 0 Å². The fourth-order valence-corrected chi connectivity index (χ4v) is 4.69. The van der Waals surface area contributed by atoms with E-state index in [-0.39, 0.29) is 11.9 Å². The summed E-state index contributed by atoms with van der Waals surface area (Å²) in [5.74, 6) is 0.266. The largest absolute Gasteiger partial charge is 0.440 e. The number of carbonyl (C=O) groups is 1. The van der Waals surface area contributed by atoms with Gasteiger partial charge in [0.1, 0.15) is 11.3 Å². The fourth-order valence-electron chi connectivity index (χ4n) is 4.69. The van der Waals surface area contributed by atoms with Crippen molar-refractivity contribution >= 4 is 17.0 Å². The molecule has 3 fully saturated rings. The Kier molecular flexibility index (Phi) is 3.78. The summed E-state index contributed by atoms with van der Waals surface area (Å²) < 4.78 is 19.7. The first-order valence-electron chi connectivity index (χ1n) is 9.71. The summed E-state index contributed by atoms with van der Waals surface area (Å²) in [7, 11) is 2.19. The van der Waals surface area contributed by atoms with Crippen LogP contribution in [0.4, 0.5) is 4.39 Å². The van der Waals surface area contributed by atoms with E-state index >= 15 is 0 Å². The lowest BCUT2D eigenvalue weighted by Gasteiger charge is -2.47. The molecule has 3 heterocycles. The van der Waals surface area contributed by atoms with E-state index in [4.69, 9.17) is 4.42 Å². The van der Waals surface area contributed by atoms with E-state index in [0.717, 1.165) is 25.7 Å². The molecule has 2 atom stereocenters. The number of piperidine rings is 2. The fraction of sp³-hybridized carbons (Fsp3) is 0.600. The molecule has 1 saturated carbocycles. The second-order valence-electron chi connectivity index (χ2n) is 8.17. The van der Waals surface area contributed by atoms with Gasteiger partial charge in [0.05, 0.1) is 5.56 Å². The van der Waals surface area contributed by atoms with Gasteiger partial charge in [-0.1, -0.05) is 6.42 Å². The Bertz CT molecular complexity index is 846. The average Bonchev–Trinajstić information content (AvgIpc) is 3.35. The van der Waals surface area contributed by atoms with Crippen LogP contribution in [-0.2, 0) is 0 Å². The topological polar surface area (TPSA) is 58.4 Å². The third kappa shape index (κ3) is 2.80. The number of benzene rings is 1. The second kappa shape index (κ2) is 6.05. The van der Waals surface area contributed by atoms with Gasteiger partial charge in [-0.05, 0) is 51.6 Å². The highest BCUT2D eigenvalue weighted by Crippen LogP contribution is 2.41. The van der Waals surface area contributed by atoms with Gasteiger partial charge in [-0.3, -0.25) is 4.79 Å². The molecule has 2 saturated heterocycles. The number of nitrogens with zero attached hydrogens (tertiary/aromatic N) is 2. The molecular weight excluding hydrogens is 333 g/mol. The standard InChI is InChI=1S/C20H24FN3O2/c1-24-14-3-2-4-15(24)10-13(9-14)22-19(25)16-7-12(21)8-17-18(16)23-20(26-17)11-5-6-11/h7-8,11,13-15H,2-6,9-10H2,1H3,(H,22,25). The van der Waals surface area contributed by atoms with Crippen LogP contribution in [-0.4, -0.2) is 41.0 Å². The lowest BCUT2D eigenvalue weighted by molar-refractivity contribution is 0.0463. The SMILES string of the molecule is CN1C2CCCC1CC(NC(=O)c1cc(F)cc3oc(C4CC4)nc13)C2. The first kappa shape index (κ1) is 16.2. The summed E-state index contributed by atoms with van der Waals surface area (Å²) in [5, 5.41) is 3.14. The quantitative estimate of drug-likeness (QED) is 0.912. The number of aromatic nitrogens is 1. The first-order valence-corrected chi connectivity index (χ1v) is 9.71. The third-order valence-electron chi connectivity index (χ3n) is 6.32. The molecule has 0 radical (unpaired) electrons. The van der Waals surface area contributed by atoms with Crippen molar-refractivity contribution in [1.29, 1.82) is 0 Å². The van der Waals surface area contributed by atoms with E-state index in [2.05, 4.69) is 22.2 Å². The highest BCUT2D eigenvalue weighted by atomic mass is 19.1. The van der Waals surface area contributed by atoms with Crippen LogP contribution in [0.5, 0.6) is 0 Å². The van der Waals surface area contributed by atoms with Gasteiger partial charge < -0.3 is 14.6 Å². The molecule has 5 nitrogen and oxygen atoms in total. The summed E-state index contributed by atoms with van der Waals surface area (Å²) in [6, 6.07) is 3.82. The zero-order valence-electron chi connectivity index (χ0n) is 15.0. The minimum Gasteiger partial charge on any atom is -0.440 e. The maximum absolute atomic E-state index is 14.0. The lowest BCUT2D eigenvalue weighted by atomic mass is 9.82. The minimum absolute atomic E-state index is 0.141. The predicted molar refractivity (Wildman–Crippen MR) is 95.6 cm³/mol. The molecule has 1 aliphatic carbocycles. The molecular formula is C20H24FN3O2. The number of oxazole rings is 1. The monoisotopic (exact) mass is 357 g/mol. The average molecular weight is 357 g/mol. The summed E-state index contributed by atoms with van der Waals surface area (Å²) in [5.41, 5.74) is 1.15. The number of nitrogens with one attached hydrogen (secondary N) is 1. The summed E-state index contributed by atoms with van der Waals surface area (Å²) in [6.45, 7) is 0. The Morgan fingerprint density at radius 3 is 2.65 bits per heavy atom. The number of hydrogen-bond acceptors (Lipinski definition) is 4. The maximum Gasteiger partial charge on any atom is 0.253 e. The Morgan fingerprint density at radius 1 is 1.23 bits per heavy atom. The van der Waals surface area contributed by atoms with Gasteiger partial charge in [0.25, 0.3) is 5.91 Å². The van der Waals surface area contributed by atoms with E-state index in [9.17, 15) is 9.18 Å².